The van der Waals surface area contributed by atoms with E-state index in [2.05, 4.69) is 24.4 Å². The zero-order chi connectivity index (χ0) is 22.9. The summed E-state index contributed by atoms with van der Waals surface area (Å²) in [7, 11) is 0. The fourth-order valence-electron chi connectivity index (χ4n) is 2.71. The van der Waals surface area contributed by atoms with Crippen LogP contribution < -0.4 is 14.9 Å². The highest BCUT2D eigenvalue weighted by Crippen LogP contribution is 2.18. The molecule has 0 heterocycles. The maximum Gasteiger partial charge on any atom is 0.343 e. The molecule has 0 fully saturated rings. The Morgan fingerprint density at radius 1 is 1.00 bits per heavy atom. The highest BCUT2D eigenvalue weighted by atomic mass is 35.5. The molecular weight excluding hydrogens is 428 g/mol. The number of hydrogen-bond acceptors (Lipinski definition) is 5. The number of rotatable bonds is 8. The number of benzene rings is 3. The Morgan fingerprint density at radius 3 is 2.34 bits per heavy atom. The van der Waals surface area contributed by atoms with Crippen molar-refractivity contribution in [2.24, 2.45) is 5.10 Å². The van der Waals surface area contributed by atoms with Gasteiger partial charge in [0.2, 0.25) is 0 Å². The van der Waals surface area contributed by atoms with E-state index in [-0.39, 0.29) is 12.5 Å². The summed E-state index contributed by atoms with van der Waals surface area (Å²) in [6, 6.07) is 20.9. The van der Waals surface area contributed by atoms with Gasteiger partial charge in [-0.05, 0) is 71.6 Å². The molecule has 0 aliphatic carbocycles. The zero-order valence-electron chi connectivity index (χ0n) is 17.7. The lowest BCUT2D eigenvalue weighted by molar-refractivity contribution is -0.123. The normalized spacial score (nSPS) is 10.9. The van der Waals surface area contributed by atoms with Crippen molar-refractivity contribution in [3.63, 3.8) is 0 Å². The van der Waals surface area contributed by atoms with Gasteiger partial charge in [0.05, 0.1) is 11.8 Å². The summed E-state index contributed by atoms with van der Waals surface area (Å²) >= 11 is 5.89. The number of esters is 1. The number of halogens is 1. The van der Waals surface area contributed by atoms with Gasteiger partial charge >= 0.3 is 5.97 Å². The lowest BCUT2D eigenvalue weighted by atomic mass is 10.0. The van der Waals surface area contributed by atoms with Crippen LogP contribution in [0.25, 0.3) is 0 Å². The molecule has 0 saturated heterocycles. The van der Waals surface area contributed by atoms with E-state index in [0.29, 0.717) is 28.0 Å². The fraction of sp³-hybridized carbons (Fsp3) is 0.160. The summed E-state index contributed by atoms with van der Waals surface area (Å²) in [5, 5.41) is 4.37. The molecule has 3 aromatic carbocycles. The summed E-state index contributed by atoms with van der Waals surface area (Å²) in [5.41, 5.74) is 4.70. The number of hydrazone groups is 1. The zero-order valence-corrected chi connectivity index (χ0v) is 18.5. The van der Waals surface area contributed by atoms with Gasteiger partial charge in [-0.3, -0.25) is 4.79 Å². The Labute approximate surface area is 191 Å². The molecule has 7 heteroatoms. The second kappa shape index (κ2) is 11.1. The molecule has 1 amide bonds. The molecule has 6 nitrogen and oxygen atoms in total. The minimum atomic E-state index is -0.500. The van der Waals surface area contributed by atoms with Gasteiger partial charge in [0.1, 0.15) is 11.5 Å². The van der Waals surface area contributed by atoms with E-state index < -0.39 is 5.97 Å². The first kappa shape index (κ1) is 23.0. The highest BCUT2D eigenvalue weighted by Gasteiger charge is 2.09. The standard InChI is InChI=1S/C25H23ClN2O4/c1-17(2)19-8-12-22(13-9-19)31-16-24(29)28-27-15-18-6-10-23(11-7-18)32-25(30)20-4-3-5-21(26)14-20/h3-15,17H,16H2,1-2H3,(H,28,29)/b27-15+. The van der Waals surface area contributed by atoms with E-state index in [9.17, 15) is 9.59 Å². The molecule has 0 unspecified atom stereocenters. The van der Waals surface area contributed by atoms with Crippen LogP contribution >= 0.6 is 11.6 Å². The van der Waals surface area contributed by atoms with Crippen LogP contribution in [0.15, 0.2) is 77.9 Å². The quantitative estimate of drug-likeness (QED) is 0.221. The van der Waals surface area contributed by atoms with Gasteiger partial charge in [-0.1, -0.05) is 43.6 Å². The molecule has 1 N–H and O–H groups in total. The summed E-state index contributed by atoms with van der Waals surface area (Å²) in [6.45, 7) is 4.09. The number of nitrogens with zero attached hydrogens (tertiary/aromatic N) is 1. The van der Waals surface area contributed by atoms with Gasteiger partial charge in [0.25, 0.3) is 5.91 Å². The van der Waals surface area contributed by atoms with Crippen LogP contribution in [0.2, 0.25) is 5.02 Å². The average Bonchev–Trinajstić information content (AvgIpc) is 2.79. The average molecular weight is 451 g/mol. The van der Waals surface area contributed by atoms with Gasteiger partial charge in [0, 0.05) is 5.02 Å². The topological polar surface area (TPSA) is 77.0 Å². The molecule has 0 radical (unpaired) electrons. The largest absolute Gasteiger partial charge is 0.484 e. The van der Waals surface area contributed by atoms with Gasteiger partial charge in [-0.25, -0.2) is 10.2 Å². The van der Waals surface area contributed by atoms with Crippen molar-refractivity contribution in [1.82, 2.24) is 5.43 Å². The van der Waals surface area contributed by atoms with Crippen LogP contribution in [0.3, 0.4) is 0 Å². The van der Waals surface area contributed by atoms with Crippen LogP contribution in [0.5, 0.6) is 11.5 Å². The number of ether oxygens (including phenoxy) is 2. The second-order valence-electron chi connectivity index (χ2n) is 7.27. The first-order valence-corrected chi connectivity index (χ1v) is 10.4. The van der Waals surface area contributed by atoms with Crippen molar-refractivity contribution in [1.29, 1.82) is 0 Å². The summed E-state index contributed by atoms with van der Waals surface area (Å²) in [5.74, 6) is 0.566. The van der Waals surface area contributed by atoms with E-state index in [1.165, 1.54) is 17.8 Å². The molecular formula is C25H23ClN2O4. The Hall–Kier alpha value is -3.64. The fourth-order valence-corrected chi connectivity index (χ4v) is 2.90. The molecule has 0 aliphatic rings. The third kappa shape index (κ3) is 6.96. The Balaban J connectivity index is 1.45. The monoisotopic (exact) mass is 450 g/mol. The van der Waals surface area contributed by atoms with Crippen molar-refractivity contribution >= 4 is 29.7 Å². The van der Waals surface area contributed by atoms with Crippen molar-refractivity contribution in [3.05, 3.63) is 94.5 Å². The Kier molecular flexibility index (Phi) is 8.00. The van der Waals surface area contributed by atoms with E-state index in [1.807, 2.05) is 24.3 Å². The number of nitrogens with one attached hydrogen (secondary N) is 1. The molecule has 0 atom stereocenters. The Bertz CT molecular complexity index is 1090. The minimum Gasteiger partial charge on any atom is -0.484 e. The molecule has 0 aliphatic heterocycles. The van der Waals surface area contributed by atoms with Crippen molar-refractivity contribution in [2.75, 3.05) is 6.61 Å². The van der Waals surface area contributed by atoms with E-state index in [1.54, 1.807) is 42.5 Å². The van der Waals surface area contributed by atoms with Crippen LogP contribution in [0.1, 0.15) is 41.3 Å². The highest BCUT2D eigenvalue weighted by molar-refractivity contribution is 6.30. The van der Waals surface area contributed by atoms with Gasteiger partial charge in [0.15, 0.2) is 6.61 Å². The molecule has 0 bridgehead atoms. The molecule has 0 saturated carbocycles. The number of carbonyl (C=O) groups is 2. The van der Waals surface area contributed by atoms with Crippen molar-refractivity contribution in [3.8, 4) is 11.5 Å². The molecule has 3 rings (SSSR count). The van der Waals surface area contributed by atoms with Crippen molar-refractivity contribution < 1.29 is 19.1 Å². The minimum absolute atomic E-state index is 0.142. The number of carbonyl (C=O) groups excluding carboxylic acids is 2. The predicted molar refractivity (Wildman–Crippen MR) is 125 cm³/mol. The van der Waals surface area contributed by atoms with E-state index in [0.717, 1.165) is 5.56 Å². The SMILES string of the molecule is CC(C)c1ccc(OCC(=O)N/N=C/c2ccc(OC(=O)c3cccc(Cl)c3)cc2)cc1. The van der Waals surface area contributed by atoms with Crippen LogP contribution in [0, 0.1) is 0 Å². The third-order valence-electron chi connectivity index (χ3n) is 4.47. The smallest absolute Gasteiger partial charge is 0.343 e. The number of amides is 1. The number of hydrogen-bond donors (Lipinski definition) is 1. The molecule has 3 aromatic rings. The van der Waals surface area contributed by atoms with Gasteiger partial charge < -0.3 is 9.47 Å². The second-order valence-corrected chi connectivity index (χ2v) is 7.71. The first-order chi connectivity index (χ1) is 15.4. The van der Waals surface area contributed by atoms with E-state index >= 15 is 0 Å². The van der Waals surface area contributed by atoms with Gasteiger partial charge in [-0.2, -0.15) is 5.10 Å². The lowest BCUT2D eigenvalue weighted by Gasteiger charge is -2.08. The molecule has 0 aromatic heterocycles. The molecule has 164 valence electrons. The predicted octanol–water partition coefficient (Wildman–Crippen LogP) is 5.21. The summed E-state index contributed by atoms with van der Waals surface area (Å²) < 4.78 is 10.8. The summed E-state index contributed by atoms with van der Waals surface area (Å²) in [4.78, 5) is 24.0. The molecule has 0 spiro atoms. The van der Waals surface area contributed by atoms with Crippen LogP contribution in [-0.2, 0) is 4.79 Å². The lowest BCUT2D eigenvalue weighted by Crippen LogP contribution is -2.24. The van der Waals surface area contributed by atoms with Crippen molar-refractivity contribution in [2.45, 2.75) is 19.8 Å². The summed E-state index contributed by atoms with van der Waals surface area (Å²) in [6.07, 6.45) is 1.48. The van der Waals surface area contributed by atoms with E-state index in [4.69, 9.17) is 21.1 Å². The third-order valence-corrected chi connectivity index (χ3v) is 4.71. The van der Waals surface area contributed by atoms with Gasteiger partial charge in [-0.15, -0.1) is 0 Å². The Morgan fingerprint density at radius 2 is 1.69 bits per heavy atom. The van der Waals surface area contributed by atoms with Crippen LogP contribution in [0.4, 0.5) is 0 Å². The molecule has 32 heavy (non-hydrogen) atoms. The maximum absolute atomic E-state index is 12.1. The maximum atomic E-state index is 12.1. The first-order valence-electron chi connectivity index (χ1n) is 10.0. The van der Waals surface area contributed by atoms with Crippen LogP contribution in [-0.4, -0.2) is 24.7 Å².